The molecule has 0 aromatic heterocycles. The number of amides is 1. The minimum Gasteiger partial charge on any atom is -0.496 e. The third kappa shape index (κ3) is 2.81. The van der Waals surface area contributed by atoms with E-state index in [0.29, 0.717) is 36.2 Å². The Morgan fingerprint density at radius 2 is 1.95 bits per heavy atom. The van der Waals surface area contributed by atoms with Crippen LogP contribution < -0.4 is 14.8 Å². The minimum absolute atomic E-state index is 0.0392. The molecule has 104 valence electrons. The Bertz CT molecular complexity index is 440. The number of nitrogens with one attached hydrogen (secondary N) is 1. The van der Waals surface area contributed by atoms with Gasteiger partial charge in [0.05, 0.1) is 14.2 Å². The van der Waals surface area contributed by atoms with Crippen molar-refractivity contribution in [1.29, 1.82) is 0 Å². The first-order chi connectivity index (χ1) is 9.17. The highest BCUT2D eigenvalue weighted by Crippen LogP contribution is 2.29. The lowest BCUT2D eigenvalue weighted by Gasteiger charge is -2.32. The van der Waals surface area contributed by atoms with Crippen LogP contribution in [0.4, 0.5) is 0 Å². The molecule has 1 N–H and O–H groups in total. The van der Waals surface area contributed by atoms with Gasteiger partial charge in [0, 0.05) is 25.7 Å². The van der Waals surface area contributed by atoms with Crippen LogP contribution in [-0.4, -0.2) is 50.7 Å². The largest absolute Gasteiger partial charge is 0.496 e. The van der Waals surface area contributed by atoms with Crippen molar-refractivity contribution in [2.24, 2.45) is 0 Å². The van der Waals surface area contributed by atoms with Gasteiger partial charge in [-0.15, -0.1) is 0 Å². The first kappa shape index (κ1) is 13.7. The fourth-order valence-corrected chi connectivity index (χ4v) is 2.34. The van der Waals surface area contributed by atoms with Crippen LogP contribution in [0.15, 0.2) is 18.2 Å². The van der Waals surface area contributed by atoms with Crippen molar-refractivity contribution in [3.63, 3.8) is 0 Å². The van der Waals surface area contributed by atoms with E-state index in [1.165, 1.54) is 0 Å². The summed E-state index contributed by atoms with van der Waals surface area (Å²) in [5.41, 5.74) is 0.501. The molecule has 2 rings (SSSR count). The normalized spacial score (nSPS) is 19.1. The zero-order valence-corrected chi connectivity index (χ0v) is 11.6. The molecule has 0 saturated carbocycles. The highest BCUT2D eigenvalue weighted by molar-refractivity contribution is 5.99. The minimum atomic E-state index is -0.0392. The zero-order valence-electron chi connectivity index (χ0n) is 11.6. The summed E-state index contributed by atoms with van der Waals surface area (Å²) in [4.78, 5) is 14.5. The van der Waals surface area contributed by atoms with Gasteiger partial charge < -0.3 is 19.7 Å². The number of nitrogens with zero attached hydrogens (tertiary/aromatic N) is 1. The number of methoxy groups -OCH3 is 2. The van der Waals surface area contributed by atoms with Gasteiger partial charge in [-0.3, -0.25) is 4.79 Å². The molecule has 19 heavy (non-hydrogen) atoms. The molecule has 1 saturated heterocycles. The van der Waals surface area contributed by atoms with Crippen LogP contribution in [0.5, 0.6) is 11.5 Å². The van der Waals surface area contributed by atoms with E-state index < -0.39 is 0 Å². The summed E-state index contributed by atoms with van der Waals surface area (Å²) in [5.74, 6) is 1.06. The summed E-state index contributed by atoms with van der Waals surface area (Å²) in [7, 11) is 3.12. The maximum absolute atomic E-state index is 12.6. The number of ether oxygens (including phenoxy) is 2. The van der Waals surface area contributed by atoms with E-state index in [2.05, 4.69) is 12.2 Å². The number of carbonyl (C=O) groups is 1. The van der Waals surface area contributed by atoms with Gasteiger partial charge in [0.25, 0.3) is 5.91 Å². The lowest BCUT2D eigenvalue weighted by molar-refractivity contribution is 0.0702. The Kier molecular flexibility index (Phi) is 4.27. The second kappa shape index (κ2) is 5.93. The SMILES string of the molecule is COc1cccc(OC)c1C(=O)N1CCN[C@@H](C)C1. The Labute approximate surface area is 113 Å². The monoisotopic (exact) mass is 264 g/mol. The van der Waals surface area contributed by atoms with Crippen LogP contribution in [0.25, 0.3) is 0 Å². The van der Waals surface area contributed by atoms with Crippen LogP contribution in [0.3, 0.4) is 0 Å². The fourth-order valence-electron chi connectivity index (χ4n) is 2.34. The smallest absolute Gasteiger partial charge is 0.261 e. The van der Waals surface area contributed by atoms with Gasteiger partial charge in [-0.05, 0) is 19.1 Å². The number of rotatable bonds is 3. The Balaban J connectivity index is 2.31. The van der Waals surface area contributed by atoms with Crippen LogP contribution in [0.1, 0.15) is 17.3 Å². The fraction of sp³-hybridized carbons (Fsp3) is 0.500. The molecule has 1 amide bonds. The molecule has 0 unspecified atom stereocenters. The summed E-state index contributed by atoms with van der Waals surface area (Å²) in [6, 6.07) is 5.68. The molecule has 0 aliphatic carbocycles. The number of hydrogen-bond acceptors (Lipinski definition) is 4. The van der Waals surface area contributed by atoms with Crippen LogP contribution in [0.2, 0.25) is 0 Å². The summed E-state index contributed by atoms with van der Waals surface area (Å²) in [6.45, 7) is 4.27. The second-order valence-electron chi connectivity index (χ2n) is 4.64. The third-order valence-electron chi connectivity index (χ3n) is 3.30. The van der Waals surface area contributed by atoms with Crippen molar-refractivity contribution in [2.45, 2.75) is 13.0 Å². The topological polar surface area (TPSA) is 50.8 Å². The van der Waals surface area contributed by atoms with E-state index in [1.54, 1.807) is 26.4 Å². The molecule has 0 radical (unpaired) electrons. The van der Waals surface area contributed by atoms with Gasteiger partial charge in [0.15, 0.2) is 0 Å². The van der Waals surface area contributed by atoms with E-state index >= 15 is 0 Å². The van der Waals surface area contributed by atoms with Crippen LogP contribution in [-0.2, 0) is 0 Å². The highest BCUT2D eigenvalue weighted by atomic mass is 16.5. The van der Waals surface area contributed by atoms with Crippen molar-refractivity contribution in [2.75, 3.05) is 33.9 Å². The summed E-state index contributed by atoms with van der Waals surface area (Å²) in [6.07, 6.45) is 0. The van der Waals surface area contributed by atoms with Crippen molar-refractivity contribution in [3.8, 4) is 11.5 Å². The number of benzene rings is 1. The molecule has 1 aromatic carbocycles. The van der Waals surface area contributed by atoms with Crippen molar-refractivity contribution >= 4 is 5.91 Å². The van der Waals surface area contributed by atoms with Gasteiger partial charge >= 0.3 is 0 Å². The molecular formula is C14H20N2O3. The standard InChI is InChI=1S/C14H20N2O3/c1-10-9-16(8-7-15-10)14(17)13-11(18-2)5-4-6-12(13)19-3/h4-6,10,15H,7-9H2,1-3H3/t10-/m0/s1. The highest BCUT2D eigenvalue weighted by Gasteiger charge is 2.26. The van der Waals surface area contributed by atoms with Gasteiger partial charge in [-0.25, -0.2) is 0 Å². The van der Waals surface area contributed by atoms with Crippen LogP contribution in [0, 0.1) is 0 Å². The maximum atomic E-state index is 12.6. The van der Waals surface area contributed by atoms with Crippen molar-refractivity contribution in [3.05, 3.63) is 23.8 Å². The Morgan fingerprint density at radius 1 is 1.32 bits per heavy atom. The third-order valence-corrected chi connectivity index (χ3v) is 3.30. The van der Waals surface area contributed by atoms with E-state index in [9.17, 15) is 4.79 Å². The zero-order chi connectivity index (χ0) is 13.8. The number of carbonyl (C=O) groups excluding carboxylic acids is 1. The molecule has 1 heterocycles. The summed E-state index contributed by atoms with van der Waals surface area (Å²) < 4.78 is 10.6. The molecule has 1 atom stereocenters. The van der Waals surface area contributed by atoms with E-state index in [0.717, 1.165) is 6.54 Å². The number of piperazine rings is 1. The average molecular weight is 264 g/mol. The molecule has 0 spiro atoms. The van der Waals surface area contributed by atoms with Gasteiger partial charge in [0.1, 0.15) is 17.1 Å². The van der Waals surface area contributed by atoms with Crippen LogP contribution >= 0.6 is 0 Å². The molecule has 1 aromatic rings. The molecule has 0 bridgehead atoms. The quantitative estimate of drug-likeness (QED) is 0.889. The Morgan fingerprint density at radius 3 is 2.47 bits per heavy atom. The second-order valence-corrected chi connectivity index (χ2v) is 4.64. The van der Waals surface area contributed by atoms with E-state index in [-0.39, 0.29) is 5.91 Å². The predicted molar refractivity (Wildman–Crippen MR) is 72.9 cm³/mol. The molecule has 1 fully saturated rings. The predicted octanol–water partition coefficient (Wildman–Crippen LogP) is 1.14. The molecule has 5 nitrogen and oxygen atoms in total. The van der Waals surface area contributed by atoms with Crippen molar-refractivity contribution < 1.29 is 14.3 Å². The molecule has 1 aliphatic heterocycles. The van der Waals surface area contributed by atoms with Gasteiger partial charge in [-0.1, -0.05) is 6.07 Å². The lowest BCUT2D eigenvalue weighted by Crippen LogP contribution is -2.51. The average Bonchev–Trinajstić information content (AvgIpc) is 2.45. The van der Waals surface area contributed by atoms with Gasteiger partial charge in [-0.2, -0.15) is 0 Å². The van der Waals surface area contributed by atoms with E-state index in [4.69, 9.17) is 9.47 Å². The van der Waals surface area contributed by atoms with Crippen molar-refractivity contribution in [1.82, 2.24) is 10.2 Å². The molecule has 1 aliphatic rings. The van der Waals surface area contributed by atoms with E-state index in [1.807, 2.05) is 11.0 Å². The first-order valence-electron chi connectivity index (χ1n) is 6.41. The Hall–Kier alpha value is -1.75. The molecule has 5 heteroatoms. The first-order valence-corrected chi connectivity index (χ1v) is 6.41. The summed E-state index contributed by atoms with van der Waals surface area (Å²) in [5, 5.41) is 3.32. The molecular weight excluding hydrogens is 244 g/mol. The summed E-state index contributed by atoms with van der Waals surface area (Å²) >= 11 is 0. The van der Waals surface area contributed by atoms with Gasteiger partial charge in [0.2, 0.25) is 0 Å². The maximum Gasteiger partial charge on any atom is 0.261 e. The number of hydrogen-bond donors (Lipinski definition) is 1. The lowest BCUT2D eigenvalue weighted by atomic mass is 10.1.